The molecule has 7 nitrogen and oxygen atoms in total. The van der Waals surface area contributed by atoms with E-state index in [1.165, 1.54) is 0 Å². The summed E-state index contributed by atoms with van der Waals surface area (Å²) in [6.07, 6.45) is 2.57. The number of rotatable bonds is 3. The molecule has 1 aliphatic carbocycles. The summed E-state index contributed by atoms with van der Waals surface area (Å²) in [6, 6.07) is 7.73. The van der Waals surface area contributed by atoms with E-state index in [1.807, 2.05) is 30.8 Å². The zero-order chi connectivity index (χ0) is 16.8. The number of carbonyl (C=O) groups is 1. The first-order chi connectivity index (χ1) is 11.6. The Morgan fingerprint density at radius 1 is 1.50 bits per heavy atom. The molecule has 0 aliphatic heterocycles. The molecule has 2 heterocycles. The highest BCUT2D eigenvalue weighted by Crippen LogP contribution is 2.47. The predicted octanol–water partition coefficient (Wildman–Crippen LogP) is 2.22. The third-order valence-electron chi connectivity index (χ3n) is 4.64. The Hall–Kier alpha value is -3.14. The lowest BCUT2D eigenvalue weighted by atomic mass is 10.1. The number of aromatic nitrogens is 4. The molecule has 1 aliphatic rings. The van der Waals surface area contributed by atoms with Gasteiger partial charge in [0.2, 0.25) is 5.91 Å². The van der Waals surface area contributed by atoms with E-state index in [4.69, 9.17) is 5.26 Å². The summed E-state index contributed by atoms with van der Waals surface area (Å²) < 4.78 is 1.81. The van der Waals surface area contributed by atoms with Gasteiger partial charge in [0.15, 0.2) is 5.82 Å². The topological polar surface area (TPSA) is 99.4 Å². The van der Waals surface area contributed by atoms with Gasteiger partial charge in [-0.25, -0.2) is 0 Å². The second kappa shape index (κ2) is 5.20. The van der Waals surface area contributed by atoms with Gasteiger partial charge in [-0.15, -0.1) is 0 Å². The quantitative estimate of drug-likeness (QED) is 0.773. The minimum Gasteiger partial charge on any atom is -0.308 e. The molecule has 2 N–H and O–H groups in total. The van der Waals surface area contributed by atoms with E-state index in [2.05, 4.69) is 26.7 Å². The van der Waals surface area contributed by atoms with Crippen LogP contribution in [0.2, 0.25) is 0 Å². The molecule has 1 saturated carbocycles. The molecule has 0 bridgehead atoms. The molecule has 0 radical (unpaired) electrons. The van der Waals surface area contributed by atoms with Gasteiger partial charge in [-0.05, 0) is 37.1 Å². The van der Waals surface area contributed by atoms with Gasteiger partial charge >= 0.3 is 0 Å². The van der Waals surface area contributed by atoms with Crippen molar-refractivity contribution in [3.8, 4) is 6.07 Å². The predicted molar refractivity (Wildman–Crippen MR) is 88.2 cm³/mol. The average Bonchev–Trinajstić information content (AvgIpc) is 3.11. The average molecular weight is 320 g/mol. The van der Waals surface area contributed by atoms with Gasteiger partial charge in [-0.2, -0.15) is 15.5 Å². The maximum atomic E-state index is 12.5. The number of aryl methyl sites for hydroxylation is 2. The first kappa shape index (κ1) is 14.5. The molecule has 4 rings (SSSR count). The van der Waals surface area contributed by atoms with Crippen molar-refractivity contribution in [3.05, 3.63) is 41.2 Å². The summed E-state index contributed by atoms with van der Waals surface area (Å²) in [4.78, 5) is 12.5. The highest BCUT2D eigenvalue weighted by molar-refractivity contribution is 6.02. The fraction of sp³-hybridized carbons (Fsp3) is 0.294. The van der Waals surface area contributed by atoms with E-state index in [-0.39, 0.29) is 17.7 Å². The van der Waals surface area contributed by atoms with Crippen LogP contribution in [0.5, 0.6) is 0 Å². The Balaban J connectivity index is 1.55. The molecule has 1 aromatic carbocycles. The zero-order valence-corrected chi connectivity index (χ0v) is 13.4. The molecule has 2 aromatic heterocycles. The molecule has 1 amide bonds. The number of benzene rings is 1. The minimum atomic E-state index is -0.0494. The summed E-state index contributed by atoms with van der Waals surface area (Å²) in [5.74, 6) is 0.649. The van der Waals surface area contributed by atoms with Gasteiger partial charge in [0.05, 0.1) is 17.1 Å². The first-order valence-corrected chi connectivity index (χ1v) is 7.76. The number of anilines is 1. The van der Waals surface area contributed by atoms with Crippen molar-refractivity contribution in [1.29, 1.82) is 5.26 Å². The van der Waals surface area contributed by atoms with Crippen molar-refractivity contribution in [2.45, 2.75) is 19.3 Å². The fourth-order valence-electron chi connectivity index (χ4n) is 3.16. The third kappa shape index (κ3) is 2.24. The highest BCUT2D eigenvalue weighted by atomic mass is 16.2. The maximum Gasteiger partial charge on any atom is 0.229 e. The fourth-order valence-corrected chi connectivity index (χ4v) is 3.16. The lowest BCUT2D eigenvalue weighted by Gasteiger charge is -2.04. The van der Waals surface area contributed by atoms with Crippen LogP contribution < -0.4 is 5.32 Å². The molecular weight excluding hydrogens is 304 g/mol. The van der Waals surface area contributed by atoms with Crippen LogP contribution in [0.4, 0.5) is 5.82 Å². The minimum absolute atomic E-state index is 0.0309. The van der Waals surface area contributed by atoms with E-state index in [9.17, 15) is 4.79 Å². The molecular formula is C17H16N6O. The Bertz CT molecular complexity index is 992. The molecule has 7 heteroatoms. The Labute approximate surface area is 138 Å². The van der Waals surface area contributed by atoms with E-state index < -0.39 is 0 Å². The molecule has 2 atom stereocenters. The van der Waals surface area contributed by atoms with E-state index in [0.29, 0.717) is 11.4 Å². The monoisotopic (exact) mass is 320 g/mol. The van der Waals surface area contributed by atoms with Crippen LogP contribution in [0, 0.1) is 24.2 Å². The van der Waals surface area contributed by atoms with Crippen LogP contribution in [0.25, 0.3) is 10.9 Å². The van der Waals surface area contributed by atoms with Gasteiger partial charge in [-0.1, -0.05) is 0 Å². The van der Waals surface area contributed by atoms with Crippen LogP contribution in [-0.4, -0.2) is 25.9 Å². The standard InChI is InChI=1S/C17H16N6O/c1-9-5-13-14(6-10(9)8-18)21-22-16(13)20-17(24)12-7-11(12)15-3-4-19-23(15)2/h3-6,11-12H,7H2,1-2H3,(H2,20,21,22,24)/t11-,12-/m1/s1. The van der Waals surface area contributed by atoms with Crippen molar-refractivity contribution < 1.29 is 4.79 Å². The van der Waals surface area contributed by atoms with Crippen molar-refractivity contribution in [1.82, 2.24) is 20.0 Å². The van der Waals surface area contributed by atoms with Crippen molar-refractivity contribution >= 4 is 22.6 Å². The van der Waals surface area contributed by atoms with Gasteiger partial charge in [0, 0.05) is 36.2 Å². The summed E-state index contributed by atoms with van der Waals surface area (Å²) in [5, 5.41) is 24.0. The number of aromatic amines is 1. The van der Waals surface area contributed by atoms with E-state index >= 15 is 0 Å². The second-order valence-corrected chi connectivity index (χ2v) is 6.21. The summed E-state index contributed by atoms with van der Waals surface area (Å²) in [6.45, 7) is 1.87. The maximum absolute atomic E-state index is 12.5. The number of H-pyrrole nitrogens is 1. The number of carbonyl (C=O) groups excluding carboxylic acids is 1. The van der Waals surface area contributed by atoms with Crippen molar-refractivity contribution in [2.75, 3.05) is 5.32 Å². The highest BCUT2D eigenvalue weighted by Gasteiger charge is 2.45. The zero-order valence-electron chi connectivity index (χ0n) is 13.4. The SMILES string of the molecule is Cc1cc2c(NC(=O)[C@@H]3C[C@H]3c3ccnn3C)n[nH]c2cc1C#N. The molecule has 0 unspecified atom stereocenters. The van der Waals surface area contributed by atoms with Crippen LogP contribution in [0.1, 0.15) is 29.2 Å². The number of hydrogen-bond donors (Lipinski definition) is 2. The number of hydrogen-bond acceptors (Lipinski definition) is 4. The third-order valence-corrected chi connectivity index (χ3v) is 4.64. The number of fused-ring (bicyclic) bond motifs is 1. The number of nitriles is 1. The largest absolute Gasteiger partial charge is 0.308 e. The summed E-state index contributed by atoms with van der Waals surface area (Å²) in [5.41, 5.74) is 3.28. The molecule has 0 saturated heterocycles. The van der Waals surface area contributed by atoms with Crippen LogP contribution in [0.3, 0.4) is 0 Å². The number of nitrogens with one attached hydrogen (secondary N) is 2. The van der Waals surface area contributed by atoms with Crippen LogP contribution >= 0.6 is 0 Å². The Morgan fingerprint density at radius 2 is 2.33 bits per heavy atom. The molecule has 0 spiro atoms. The Morgan fingerprint density at radius 3 is 3.04 bits per heavy atom. The van der Waals surface area contributed by atoms with Gasteiger partial charge in [0.1, 0.15) is 0 Å². The summed E-state index contributed by atoms with van der Waals surface area (Å²) in [7, 11) is 1.89. The van der Waals surface area contributed by atoms with Crippen LogP contribution in [0.15, 0.2) is 24.4 Å². The van der Waals surface area contributed by atoms with E-state index in [1.54, 1.807) is 12.3 Å². The smallest absolute Gasteiger partial charge is 0.229 e. The van der Waals surface area contributed by atoms with Gasteiger partial charge < -0.3 is 5.32 Å². The lowest BCUT2D eigenvalue weighted by Crippen LogP contribution is -2.15. The van der Waals surface area contributed by atoms with Crippen molar-refractivity contribution in [3.63, 3.8) is 0 Å². The normalized spacial score (nSPS) is 19.2. The van der Waals surface area contributed by atoms with Crippen molar-refractivity contribution in [2.24, 2.45) is 13.0 Å². The number of nitrogens with zero attached hydrogens (tertiary/aromatic N) is 4. The van der Waals surface area contributed by atoms with Gasteiger partial charge in [-0.3, -0.25) is 14.6 Å². The molecule has 1 fully saturated rings. The molecule has 24 heavy (non-hydrogen) atoms. The second-order valence-electron chi connectivity index (χ2n) is 6.21. The number of amides is 1. The summed E-state index contributed by atoms with van der Waals surface area (Å²) >= 11 is 0. The lowest BCUT2D eigenvalue weighted by molar-refractivity contribution is -0.117. The van der Waals surface area contributed by atoms with Crippen LogP contribution in [-0.2, 0) is 11.8 Å². The molecule has 3 aromatic rings. The van der Waals surface area contributed by atoms with E-state index in [0.717, 1.165) is 28.6 Å². The molecule has 120 valence electrons. The first-order valence-electron chi connectivity index (χ1n) is 7.76. The Kier molecular flexibility index (Phi) is 3.13. The van der Waals surface area contributed by atoms with Gasteiger partial charge in [0.25, 0.3) is 0 Å².